The van der Waals surface area contributed by atoms with Crippen LogP contribution in [0.4, 0.5) is 0 Å². The van der Waals surface area contributed by atoms with Crippen LogP contribution in [-0.2, 0) is 25.7 Å². The minimum atomic E-state index is 1.17. The lowest BCUT2D eigenvalue weighted by molar-refractivity contribution is 0.594. The number of hydrogen-bond acceptors (Lipinski definition) is 1. The Balaban J connectivity index is 1.84. The van der Waals surface area contributed by atoms with Gasteiger partial charge in [0.05, 0.1) is 0 Å². The van der Waals surface area contributed by atoms with Crippen LogP contribution < -0.4 is 0 Å². The van der Waals surface area contributed by atoms with Gasteiger partial charge in [-0.05, 0) is 106 Å². The van der Waals surface area contributed by atoms with Gasteiger partial charge in [0, 0.05) is 4.90 Å². The summed E-state index contributed by atoms with van der Waals surface area (Å²) in [6.45, 7) is 9.34. The maximum atomic E-state index is 5.45. The molecule has 4 rings (SSSR count). The van der Waals surface area contributed by atoms with E-state index in [1.807, 2.05) is 0 Å². The molecule has 0 nitrogen and oxygen atoms in total. The topological polar surface area (TPSA) is 0 Å². The van der Waals surface area contributed by atoms with Crippen molar-refractivity contribution < 1.29 is 0 Å². The standard InChI is InChI=1S/C48H74S/c1-5-9-13-17-21-25-31-39-40(32-26-22-18-14-10-6-2)42-37-36-38-30-29-35-43-45(38)47(42)46(41(39)33-27-23-19-15-11-7-3)44(48(43)49)34-28-24-20-16-12-8-4/h29-30,35-37,49H,5-28,31-34H2,1-4H3. The molecule has 0 saturated carbocycles. The summed E-state index contributed by atoms with van der Waals surface area (Å²) in [7, 11) is 0. The molecule has 0 radical (unpaired) electrons. The summed E-state index contributed by atoms with van der Waals surface area (Å²) < 4.78 is 0. The van der Waals surface area contributed by atoms with Crippen LogP contribution >= 0.6 is 12.6 Å². The van der Waals surface area contributed by atoms with E-state index in [2.05, 4.69) is 58.0 Å². The molecule has 0 saturated heterocycles. The zero-order valence-corrected chi connectivity index (χ0v) is 33.5. The zero-order chi connectivity index (χ0) is 34.7. The fourth-order valence-corrected chi connectivity index (χ4v) is 9.19. The first kappa shape index (κ1) is 40.0. The molecule has 4 aromatic rings. The van der Waals surface area contributed by atoms with Crippen LogP contribution in [0, 0.1) is 0 Å². The van der Waals surface area contributed by atoms with Gasteiger partial charge in [-0.1, -0.05) is 186 Å². The Hall–Kier alpha value is -1.73. The largest absolute Gasteiger partial charge is 0.142 e. The van der Waals surface area contributed by atoms with Crippen molar-refractivity contribution in [3.8, 4) is 0 Å². The number of benzene rings is 4. The molecule has 0 unspecified atom stereocenters. The molecule has 0 amide bonds. The van der Waals surface area contributed by atoms with Crippen LogP contribution in [0.2, 0.25) is 0 Å². The van der Waals surface area contributed by atoms with E-state index in [0.717, 1.165) is 0 Å². The zero-order valence-electron chi connectivity index (χ0n) is 32.6. The Labute approximate surface area is 308 Å². The smallest absolute Gasteiger partial charge is 0.0157 e. The quantitative estimate of drug-likeness (QED) is 0.0344. The Bertz CT molecular complexity index is 1480. The van der Waals surface area contributed by atoms with Gasteiger partial charge in [0.15, 0.2) is 0 Å². The van der Waals surface area contributed by atoms with Gasteiger partial charge >= 0.3 is 0 Å². The Morgan fingerprint density at radius 2 is 0.776 bits per heavy atom. The lowest BCUT2D eigenvalue weighted by Gasteiger charge is -2.26. The molecular weight excluding hydrogens is 609 g/mol. The molecule has 0 fully saturated rings. The van der Waals surface area contributed by atoms with Gasteiger partial charge in [0.1, 0.15) is 0 Å². The fraction of sp³-hybridized carbons (Fsp3) is 0.667. The highest BCUT2D eigenvalue weighted by Gasteiger charge is 2.24. The average Bonchev–Trinajstić information content (AvgIpc) is 3.12. The lowest BCUT2D eigenvalue weighted by atomic mass is 9.79. The van der Waals surface area contributed by atoms with Gasteiger partial charge in [-0.2, -0.15) is 0 Å². The Morgan fingerprint density at radius 3 is 1.29 bits per heavy atom. The fourth-order valence-electron chi connectivity index (χ4n) is 8.78. The van der Waals surface area contributed by atoms with E-state index in [-0.39, 0.29) is 0 Å². The molecule has 0 aliphatic heterocycles. The molecule has 0 aromatic heterocycles. The van der Waals surface area contributed by atoms with Gasteiger partial charge < -0.3 is 0 Å². The predicted octanol–water partition coefficient (Wildman–Crippen LogP) is 16.5. The summed E-state index contributed by atoms with van der Waals surface area (Å²) >= 11 is 5.45. The van der Waals surface area contributed by atoms with Gasteiger partial charge in [-0.3, -0.25) is 0 Å². The minimum absolute atomic E-state index is 1.17. The maximum absolute atomic E-state index is 5.45. The highest BCUT2D eigenvalue weighted by molar-refractivity contribution is 7.80. The highest BCUT2D eigenvalue weighted by atomic mass is 32.1. The van der Waals surface area contributed by atoms with E-state index in [4.69, 9.17) is 12.6 Å². The van der Waals surface area contributed by atoms with Crippen molar-refractivity contribution in [3.05, 3.63) is 52.6 Å². The van der Waals surface area contributed by atoms with Crippen molar-refractivity contribution in [3.63, 3.8) is 0 Å². The van der Waals surface area contributed by atoms with E-state index in [9.17, 15) is 0 Å². The average molecular weight is 683 g/mol. The number of rotatable bonds is 28. The van der Waals surface area contributed by atoms with Crippen molar-refractivity contribution in [1.29, 1.82) is 0 Å². The molecule has 4 aromatic carbocycles. The molecule has 272 valence electrons. The summed E-state index contributed by atoms with van der Waals surface area (Å²) in [6, 6.07) is 12.0. The molecule has 0 atom stereocenters. The van der Waals surface area contributed by atoms with Crippen LogP contribution in [0.1, 0.15) is 204 Å². The molecule has 0 aliphatic carbocycles. The second kappa shape index (κ2) is 23.0. The maximum Gasteiger partial charge on any atom is 0.0157 e. The van der Waals surface area contributed by atoms with E-state index < -0.39 is 0 Å². The lowest BCUT2D eigenvalue weighted by Crippen LogP contribution is -2.08. The predicted molar refractivity (Wildman–Crippen MR) is 226 cm³/mol. The third kappa shape index (κ3) is 11.4. The second-order valence-electron chi connectivity index (χ2n) is 15.6. The van der Waals surface area contributed by atoms with Crippen LogP contribution in [0.5, 0.6) is 0 Å². The summed E-state index contributed by atoms with van der Waals surface area (Å²) in [6.07, 6.45) is 37.6. The number of aryl methyl sites for hydroxylation is 3. The molecule has 0 bridgehead atoms. The van der Waals surface area contributed by atoms with Crippen molar-refractivity contribution in [2.45, 2.75) is 212 Å². The van der Waals surface area contributed by atoms with Gasteiger partial charge in [0.2, 0.25) is 0 Å². The molecular formula is C48H74S. The third-order valence-electron chi connectivity index (χ3n) is 11.6. The minimum Gasteiger partial charge on any atom is -0.142 e. The summed E-state index contributed by atoms with van der Waals surface area (Å²) in [5.74, 6) is 0. The van der Waals surface area contributed by atoms with Crippen LogP contribution in [0.15, 0.2) is 35.2 Å². The first-order valence-corrected chi connectivity index (χ1v) is 22.1. The molecule has 0 aliphatic rings. The van der Waals surface area contributed by atoms with Crippen LogP contribution in [-0.4, -0.2) is 0 Å². The third-order valence-corrected chi connectivity index (χ3v) is 12.1. The number of thiol groups is 1. The van der Waals surface area contributed by atoms with Crippen molar-refractivity contribution in [2.24, 2.45) is 0 Å². The van der Waals surface area contributed by atoms with Crippen LogP contribution in [0.3, 0.4) is 0 Å². The Morgan fingerprint density at radius 1 is 0.347 bits per heavy atom. The summed E-state index contributed by atoms with van der Waals surface area (Å²) in [5, 5.41) is 9.10. The van der Waals surface area contributed by atoms with E-state index in [1.54, 1.807) is 38.4 Å². The molecule has 0 N–H and O–H groups in total. The first-order valence-electron chi connectivity index (χ1n) is 21.6. The second-order valence-corrected chi connectivity index (χ2v) is 16.0. The van der Waals surface area contributed by atoms with Gasteiger partial charge in [-0.15, -0.1) is 12.6 Å². The van der Waals surface area contributed by atoms with E-state index >= 15 is 0 Å². The monoisotopic (exact) mass is 683 g/mol. The Kier molecular flexibility index (Phi) is 18.8. The molecule has 49 heavy (non-hydrogen) atoms. The summed E-state index contributed by atoms with van der Waals surface area (Å²) in [5.41, 5.74) is 6.81. The normalized spacial score (nSPS) is 12.0. The van der Waals surface area contributed by atoms with Crippen molar-refractivity contribution in [2.75, 3.05) is 0 Å². The van der Waals surface area contributed by atoms with Gasteiger partial charge in [0.25, 0.3) is 0 Å². The van der Waals surface area contributed by atoms with Crippen molar-refractivity contribution >= 4 is 44.9 Å². The molecule has 0 heterocycles. The number of hydrogen-bond donors (Lipinski definition) is 1. The van der Waals surface area contributed by atoms with Crippen LogP contribution in [0.25, 0.3) is 32.3 Å². The molecule has 0 spiro atoms. The SMILES string of the molecule is CCCCCCCCc1c(CCCCCCCC)c2ccc3cccc4c(S)c(CCCCCCCC)c(c1CCCCCCCC)c2c34. The van der Waals surface area contributed by atoms with E-state index in [1.165, 1.54) is 201 Å². The van der Waals surface area contributed by atoms with Crippen molar-refractivity contribution in [1.82, 2.24) is 0 Å². The number of unbranched alkanes of at least 4 members (excludes halogenated alkanes) is 20. The van der Waals surface area contributed by atoms with Gasteiger partial charge in [-0.25, -0.2) is 0 Å². The molecule has 1 heteroatoms. The summed E-state index contributed by atoms with van der Waals surface area (Å²) in [4.78, 5) is 1.28. The first-order chi connectivity index (χ1) is 24.2. The highest BCUT2D eigenvalue weighted by Crippen LogP contribution is 2.46. The van der Waals surface area contributed by atoms with E-state index in [0.29, 0.717) is 0 Å².